The summed E-state index contributed by atoms with van der Waals surface area (Å²) < 4.78 is 51.9. The van der Waals surface area contributed by atoms with Crippen LogP contribution in [-0.2, 0) is 31.8 Å². The Morgan fingerprint density at radius 2 is 1.16 bits per heavy atom. The molecule has 0 spiro atoms. The van der Waals surface area contributed by atoms with Crippen molar-refractivity contribution in [1.29, 1.82) is 0 Å². The quantitative estimate of drug-likeness (QED) is 0.0594. The number of hydrogen-bond donors (Lipinski definition) is 1. The van der Waals surface area contributed by atoms with Gasteiger partial charge in [-0.05, 0) is 47.5 Å². The molecule has 1 unspecified atom stereocenters. The molecule has 0 radical (unpaired) electrons. The van der Waals surface area contributed by atoms with Gasteiger partial charge in [-0.1, -0.05) is 24.8 Å². The summed E-state index contributed by atoms with van der Waals surface area (Å²) >= 11 is 4.10. The van der Waals surface area contributed by atoms with E-state index in [2.05, 4.69) is 42.3 Å². The van der Waals surface area contributed by atoms with Gasteiger partial charge in [0.25, 0.3) is 5.91 Å². The second-order valence-electron chi connectivity index (χ2n) is 15.1. The third-order valence-corrected chi connectivity index (χ3v) is 11.3. The van der Waals surface area contributed by atoms with Crippen molar-refractivity contribution in [3.63, 3.8) is 0 Å². The van der Waals surface area contributed by atoms with Crippen LogP contribution in [0, 0.1) is 0 Å². The minimum atomic E-state index is -0.140. The third-order valence-electron chi connectivity index (χ3n) is 11.1. The van der Waals surface area contributed by atoms with E-state index in [1.807, 2.05) is 53.7 Å². The van der Waals surface area contributed by atoms with Crippen LogP contribution < -0.4 is 33.5 Å². The van der Waals surface area contributed by atoms with Gasteiger partial charge in [0.15, 0.2) is 23.0 Å². The molecule has 1 amide bonds. The van der Waals surface area contributed by atoms with Gasteiger partial charge in [-0.25, -0.2) is 0 Å². The Labute approximate surface area is 373 Å². The highest BCUT2D eigenvalue weighted by Crippen LogP contribution is 2.46. The van der Waals surface area contributed by atoms with Crippen LogP contribution in [0.25, 0.3) is 5.70 Å². The van der Waals surface area contributed by atoms with E-state index in [1.54, 1.807) is 26.4 Å². The number of carbonyl (C=O) groups is 1. The van der Waals surface area contributed by atoms with Gasteiger partial charge in [-0.2, -0.15) is 12.6 Å². The fraction of sp³-hybridized carbons (Fsp3) is 0.396. The normalized spacial score (nSPS) is 16.7. The predicted octanol–water partition coefficient (Wildman–Crippen LogP) is 7.33. The summed E-state index contributed by atoms with van der Waals surface area (Å²) in [7, 11) is 3.19. The highest BCUT2D eigenvalue weighted by atomic mass is 32.1. The number of amides is 1. The number of ether oxygens (including phenoxy) is 9. The van der Waals surface area contributed by atoms with E-state index in [-0.39, 0.29) is 18.0 Å². The highest BCUT2D eigenvalue weighted by Gasteiger charge is 2.37. The summed E-state index contributed by atoms with van der Waals surface area (Å²) in [6.45, 7) is 9.84. The van der Waals surface area contributed by atoms with Gasteiger partial charge in [-0.15, -0.1) is 0 Å². The Morgan fingerprint density at radius 3 is 1.81 bits per heavy atom. The molecule has 4 aliphatic heterocycles. The SMILES string of the molecule is C=C1c2cc(OC)c(OCCCOc3cc4c(cc3OC)C(=O)N3c5ccccc5CC3C=N4)cc2N=C[C@@H]2Cc3cc(OCCOCCOCCOCCOCCS)ccc3N12. The molecule has 4 heterocycles. The Balaban J connectivity index is 0.805. The third kappa shape index (κ3) is 10.1. The second-order valence-corrected chi connectivity index (χ2v) is 15.6. The summed E-state index contributed by atoms with van der Waals surface area (Å²) in [6, 6.07) is 21.3. The Bertz CT molecular complexity index is 2320. The lowest BCUT2D eigenvalue weighted by Gasteiger charge is -2.26. The average Bonchev–Trinajstić information content (AvgIpc) is 3.79. The number of carbonyl (C=O) groups excluding carboxylic acids is 1. The van der Waals surface area contributed by atoms with E-state index >= 15 is 0 Å². The summed E-state index contributed by atoms with van der Waals surface area (Å²) in [4.78, 5) is 27.4. The first-order valence-electron chi connectivity index (χ1n) is 21.3. The van der Waals surface area contributed by atoms with E-state index in [9.17, 15) is 4.79 Å². The molecule has 0 bridgehead atoms. The van der Waals surface area contributed by atoms with Gasteiger partial charge in [0.2, 0.25) is 0 Å². The number of fused-ring (bicyclic) bond motifs is 8. The van der Waals surface area contributed by atoms with Crippen molar-refractivity contribution in [2.45, 2.75) is 31.3 Å². The topological polar surface area (TPSA) is 131 Å². The molecule has 63 heavy (non-hydrogen) atoms. The molecule has 332 valence electrons. The molecule has 0 aliphatic carbocycles. The summed E-state index contributed by atoms with van der Waals surface area (Å²) in [5.41, 5.74) is 7.73. The minimum Gasteiger partial charge on any atom is -0.493 e. The van der Waals surface area contributed by atoms with E-state index in [0.717, 1.165) is 58.0 Å². The van der Waals surface area contributed by atoms with Crippen molar-refractivity contribution in [2.75, 3.05) is 102 Å². The summed E-state index contributed by atoms with van der Waals surface area (Å²) in [6.07, 6.45) is 5.87. The molecule has 4 aromatic rings. The summed E-state index contributed by atoms with van der Waals surface area (Å²) in [5, 5.41) is 0. The molecule has 2 atom stereocenters. The van der Waals surface area contributed by atoms with Gasteiger partial charge in [0.05, 0.1) is 109 Å². The van der Waals surface area contributed by atoms with E-state index in [4.69, 9.17) is 52.6 Å². The minimum absolute atomic E-state index is 0.00886. The number of thiol groups is 1. The van der Waals surface area contributed by atoms with Crippen molar-refractivity contribution in [1.82, 2.24) is 0 Å². The monoisotopic (exact) mass is 878 g/mol. The van der Waals surface area contributed by atoms with Crippen molar-refractivity contribution in [3.8, 4) is 28.7 Å². The highest BCUT2D eigenvalue weighted by molar-refractivity contribution is 7.80. The van der Waals surface area contributed by atoms with Gasteiger partial charge in [0, 0.05) is 72.2 Å². The lowest BCUT2D eigenvalue weighted by atomic mass is 10.1. The van der Waals surface area contributed by atoms with Crippen molar-refractivity contribution >= 4 is 59.4 Å². The predicted molar refractivity (Wildman–Crippen MR) is 247 cm³/mol. The molecule has 0 fully saturated rings. The fourth-order valence-corrected chi connectivity index (χ4v) is 8.25. The number of para-hydroxylation sites is 1. The fourth-order valence-electron chi connectivity index (χ4n) is 8.12. The molecule has 0 N–H and O–H groups in total. The maximum Gasteiger partial charge on any atom is 0.261 e. The van der Waals surface area contributed by atoms with E-state index in [1.165, 1.54) is 0 Å². The molecular weight excluding hydrogens is 825 g/mol. The number of rotatable bonds is 23. The lowest BCUT2D eigenvalue weighted by molar-refractivity contribution is -0.00319. The smallest absolute Gasteiger partial charge is 0.261 e. The van der Waals surface area contributed by atoms with Crippen LogP contribution in [0.1, 0.15) is 33.5 Å². The Kier molecular flexibility index (Phi) is 14.8. The van der Waals surface area contributed by atoms with Gasteiger partial charge < -0.3 is 47.5 Å². The average molecular weight is 879 g/mol. The molecule has 4 aromatic carbocycles. The molecule has 4 aliphatic rings. The maximum absolute atomic E-state index is 13.8. The molecule has 0 aromatic heterocycles. The molecule has 14 nitrogen and oxygen atoms in total. The molecule has 0 saturated heterocycles. The van der Waals surface area contributed by atoms with Crippen LogP contribution in [-0.4, -0.2) is 123 Å². The number of anilines is 2. The van der Waals surface area contributed by atoms with Crippen molar-refractivity contribution < 1.29 is 47.4 Å². The molecule has 8 rings (SSSR count). The second kappa shape index (κ2) is 21.2. The zero-order chi connectivity index (χ0) is 43.5. The van der Waals surface area contributed by atoms with Gasteiger partial charge >= 0.3 is 0 Å². The first-order chi connectivity index (χ1) is 31.0. The van der Waals surface area contributed by atoms with Crippen LogP contribution in [0.3, 0.4) is 0 Å². The number of methoxy groups -OCH3 is 2. The zero-order valence-corrected chi connectivity index (χ0v) is 36.7. The van der Waals surface area contributed by atoms with Crippen LogP contribution in [0.4, 0.5) is 22.7 Å². The van der Waals surface area contributed by atoms with Crippen molar-refractivity contribution in [3.05, 3.63) is 95.6 Å². The first kappa shape index (κ1) is 44.0. The van der Waals surface area contributed by atoms with Crippen molar-refractivity contribution in [2.24, 2.45) is 9.98 Å². The standard InChI is InChI=1S/C48H54N4O10S/c1-32-38-26-44(54-2)46(61-11-6-12-62-47-29-41-39(27-45(47)55-3)48(53)52-36(31-50-41)23-33-7-4-5-8-42(33)52)28-40(38)49-30-35-24-34-25-37(9-10-43(34)51(32)35)60-20-19-58-16-15-56-13-14-57-17-18-59-21-22-63/h4-5,7-10,25-31,35-36,63H,1,6,11-24H2,2-3H3/t35-,36?/m0/s1. The Hall–Kier alpha value is -5.58. The largest absolute Gasteiger partial charge is 0.493 e. The van der Waals surface area contributed by atoms with Gasteiger partial charge in [0.1, 0.15) is 12.4 Å². The number of benzene rings is 4. The molecular formula is C48H54N4O10S. The zero-order valence-electron chi connectivity index (χ0n) is 35.8. The number of aliphatic imine (C=N–C) groups is 2. The lowest BCUT2D eigenvalue weighted by Crippen LogP contribution is -2.37. The van der Waals surface area contributed by atoms with Crippen LogP contribution in [0.2, 0.25) is 0 Å². The molecule has 15 heteroatoms. The van der Waals surface area contributed by atoms with Crippen LogP contribution >= 0.6 is 12.6 Å². The van der Waals surface area contributed by atoms with Crippen LogP contribution in [0.15, 0.2) is 83.3 Å². The number of nitrogens with zero attached hydrogens (tertiary/aromatic N) is 4. The first-order valence-corrected chi connectivity index (χ1v) is 22.0. The van der Waals surface area contributed by atoms with Crippen LogP contribution in [0.5, 0.6) is 28.7 Å². The van der Waals surface area contributed by atoms with E-state index in [0.29, 0.717) is 119 Å². The number of hydrogen-bond acceptors (Lipinski definition) is 14. The summed E-state index contributed by atoms with van der Waals surface area (Å²) in [5.74, 6) is 3.51. The Morgan fingerprint density at radius 1 is 0.603 bits per heavy atom. The van der Waals surface area contributed by atoms with Gasteiger partial charge in [-0.3, -0.25) is 19.7 Å². The maximum atomic E-state index is 13.8. The molecule has 0 saturated carbocycles. The van der Waals surface area contributed by atoms with E-state index < -0.39 is 0 Å².